The Morgan fingerprint density at radius 1 is 1.38 bits per heavy atom. The van der Waals surface area contributed by atoms with Crippen LogP contribution in [0.2, 0.25) is 0 Å². The first-order valence-electron chi connectivity index (χ1n) is 6.91. The van der Waals surface area contributed by atoms with Gasteiger partial charge in [0.05, 0.1) is 6.20 Å². The highest BCUT2D eigenvalue weighted by Gasteiger charge is 2.05. The van der Waals surface area contributed by atoms with E-state index in [9.17, 15) is 0 Å². The minimum Gasteiger partial charge on any atom is -0.374 e. The van der Waals surface area contributed by atoms with Crippen LogP contribution in [0.25, 0.3) is 5.65 Å². The molecule has 0 amide bonds. The number of anilines is 2. The van der Waals surface area contributed by atoms with Crippen LogP contribution >= 0.6 is 11.3 Å². The molecule has 0 spiro atoms. The lowest BCUT2D eigenvalue weighted by atomic mass is 10.3. The fourth-order valence-electron chi connectivity index (χ4n) is 2.10. The molecule has 0 atom stereocenters. The Morgan fingerprint density at radius 2 is 2.29 bits per heavy atom. The third-order valence-electron chi connectivity index (χ3n) is 3.13. The van der Waals surface area contributed by atoms with E-state index in [0.29, 0.717) is 5.13 Å². The number of hydrogen-bond donors (Lipinski definition) is 2. The minimum atomic E-state index is 0.526. The van der Waals surface area contributed by atoms with E-state index < -0.39 is 0 Å². The van der Waals surface area contributed by atoms with Crippen LogP contribution in [0.1, 0.15) is 24.0 Å². The Bertz CT molecular complexity index is 733. The van der Waals surface area contributed by atoms with E-state index in [2.05, 4.69) is 32.5 Å². The second-order valence-electron chi connectivity index (χ2n) is 4.65. The van der Waals surface area contributed by atoms with E-state index in [1.54, 1.807) is 6.20 Å². The maximum absolute atomic E-state index is 5.57. The van der Waals surface area contributed by atoms with E-state index in [-0.39, 0.29) is 0 Å². The predicted molar refractivity (Wildman–Crippen MR) is 83.5 cm³/mol. The van der Waals surface area contributed by atoms with E-state index in [1.165, 1.54) is 11.3 Å². The van der Waals surface area contributed by atoms with Crippen LogP contribution in [-0.4, -0.2) is 31.3 Å². The van der Waals surface area contributed by atoms with Gasteiger partial charge in [-0.15, -0.1) is 10.2 Å². The van der Waals surface area contributed by atoms with Crippen molar-refractivity contribution in [3.63, 3.8) is 0 Å². The Labute approximate surface area is 126 Å². The van der Waals surface area contributed by atoms with E-state index >= 15 is 0 Å². The van der Waals surface area contributed by atoms with Gasteiger partial charge < -0.3 is 11.1 Å². The Morgan fingerprint density at radius 3 is 3.05 bits per heavy atom. The van der Waals surface area contributed by atoms with Crippen LogP contribution in [0.4, 0.5) is 10.9 Å². The largest absolute Gasteiger partial charge is 0.374 e. The molecule has 3 heterocycles. The molecule has 0 radical (unpaired) electrons. The Kier molecular flexibility index (Phi) is 3.96. The first-order valence-corrected chi connectivity index (χ1v) is 7.73. The molecule has 0 saturated carbocycles. The molecule has 3 aromatic heterocycles. The van der Waals surface area contributed by atoms with Crippen LogP contribution in [0, 0.1) is 0 Å². The first kappa shape index (κ1) is 13.7. The average molecular weight is 303 g/mol. The standard InChI is InChI=1S/C13H17N7S/c1-2-9-8-11(20-10(17-9)5-7-16-20)15-6-3-4-12-18-19-13(14)21-12/h5,7-8,15H,2-4,6H2,1H3,(H2,14,19). The summed E-state index contributed by atoms with van der Waals surface area (Å²) in [6, 6.07) is 3.96. The third kappa shape index (κ3) is 3.10. The molecular formula is C13H17N7S. The van der Waals surface area contributed by atoms with Gasteiger partial charge in [0.25, 0.3) is 0 Å². The highest BCUT2D eigenvalue weighted by molar-refractivity contribution is 7.15. The molecule has 3 N–H and O–H groups in total. The molecular weight excluding hydrogens is 286 g/mol. The summed E-state index contributed by atoms with van der Waals surface area (Å²) in [7, 11) is 0. The predicted octanol–water partition coefficient (Wildman–Crippen LogP) is 1.77. The number of aryl methyl sites for hydroxylation is 2. The molecule has 0 aliphatic heterocycles. The molecule has 0 unspecified atom stereocenters. The van der Waals surface area contributed by atoms with Crippen LogP contribution < -0.4 is 11.1 Å². The van der Waals surface area contributed by atoms with E-state index in [1.807, 2.05) is 16.6 Å². The second kappa shape index (κ2) is 6.04. The molecule has 8 heteroatoms. The van der Waals surface area contributed by atoms with E-state index in [4.69, 9.17) is 5.73 Å². The van der Waals surface area contributed by atoms with E-state index in [0.717, 1.165) is 48.0 Å². The zero-order valence-electron chi connectivity index (χ0n) is 11.8. The smallest absolute Gasteiger partial charge is 0.203 e. The lowest BCUT2D eigenvalue weighted by Crippen LogP contribution is -2.09. The molecule has 7 nitrogen and oxygen atoms in total. The molecule has 0 aliphatic carbocycles. The monoisotopic (exact) mass is 303 g/mol. The van der Waals surface area contributed by atoms with Crippen molar-refractivity contribution in [2.75, 3.05) is 17.6 Å². The quantitative estimate of drug-likeness (QED) is 0.674. The minimum absolute atomic E-state index is 0.526. The number of fused-ring (bicyclic) bond motifs is 1. The number of nitrogen functional groups attached to an aromatic ring is 1. The van der Waals surface area contributed by atoms with Gasteiger partial charge in [-0.1, -0.05) is 18.3 Å². The number of aromatic nitrogens is 5. The van der Waals surface area contributed by atoms with Crippen molar-refractivity contribution in [3.8, 4) is 0 Å². The number of nitrogens with zero attached hydrogens (tertiary/aromatic N) is 5. The van der Waals surface area contributed by atoms with Gasteiger partial charge in [0.2, 0.25) is 5.13 Å². The molecule has 0 aromatic carbocycles. The van der Waals surface area contributed by atoms with Gasteiger partial charge in [-0.2, -0.15) is 9.61 Å². The Hall–Kier alpha value is -2.22. The summed E-state index contributed by atoms with van der Waals surface area (Å²) in [5, 5.41) is 17.0. The number of hydrogen-bond acceptors (Lipinski definition) is 7. The summed E-state index contributed by atoms with van der Waals surface area (Å²) in [6.45, 7) is 2.93. The van der Waals surface area contributed by atoms with Gasteiger partial charge in [-0.05, 0) is 12.8 Å². The Balaban J connectivity index is 1.63. The zero-order chi connectivity index (χ0) is 14.7. The topological polar surface area (TPSA) is 94.0 Å². The van der Waals surface area contributed by atoms with Crippen molar-refractivity contribution in [2.24, 2.45) is 0 Å². The molecule has 110 valence electrons. The SMILES string of the molecule is CCc1cc(NCCCc2nnc(N)s2)n2nccc2n1. The molecule has 0 saturated heterocycles. The lowest BCUT2D eigenvalue weighted by molar-refractivity contribution is 0.821. The molecule has 0 bridgehead atoms. The normalized spacial score (nSPS) is 11.1. The molecule has 3 aromatic rings. The fraction of sp³-hybridized carbons (Fsp3) is 0.385. The number of rotatable bonds is 6. The van der Waals surface area contributed by atoms with Crippen molar-refractivity contribution in [3.05, 3.63) is 29.0 Å². The van der Waals surface area contributed by atoms with Crippen molar-refractivity contribution in [1.82, 2.24) is 24.8 Å². The van der Waals surface area contributed by atoms with Gasteiger partial charge in [0.15, 0.2) is 5.65 Å². The van der Waals surface area contributed by atoms with Crippen molar-refractivity contribution in [2.45, 2.75) is 26.2 Å². The van der Waals surface area contributed by atoms with Gasteiger partial charge >= 0.3 is 0 Å². The summed E-state index contributed by atoms with van der Waals surface area (Å²) >= 11 is 1.44. The molecule has 21 heavy (non-hydrogen) atoms. The fourth-order valence-corrected chi connectivity index (χ4v) is 2.75. The lowest BCUT2D eigenvalue weighted by Gasteiger charge is -2.09. The third-order valence-corrected chi connectivity index (χ3v) is 3.94. The average Bonchev–Trinajstić information content (AvgIpc) is 3.11. The van der Waals surface area contributed by atoms with Gasteiger partial charge in [0, 0.05) is 30.8 Å². The summed E-state index contributed by atoms with van der Waals surface area (Å²) in [5.41, 5.74) is 7.49. The number of nitrogens with two attached hydrogens (primary N) is 1. The van der Waals surface area contributed by atoms with Gasteiger partial charge in [-0.3, -0.25) is 0 Å². The van der Waals surface area contributed by atoms with Crippen molar-refractivity contribution in [1.29, 1.82) is 0 Å². The molecule has 0 fully saturated rings. The second-order valence-corrected chi connectivity index (χ2v) is 5.75. The maximum Gasteiger partial charge on any atom is 0.203 e. The van der Waals surface area contributed by atoms with Gasteiger partial charge in [0.1, 0.15) is 10.8 Å². The first-order chi connectivity index (χ1) is 10.3. The highest BCUT2D eigenvalue weighted by Crippen LogP contribution is 2.15. The molecule has 0 aliphatic rings. The van der Waals surface area contributed by atoms with Crippen molar-refractivity contribution < 1.29 is 0 Å². The van der Waals surface area contributed by atoms with Crippen LogP contribution in [0.15, 0.2) is 18.3 Å². The zero-order valence-corrected chi connectivity index (χ0v) is 12.6. The van der Waals surface area contributed by atoms with Gasteiger partial charge in [-0.25, -0.2) is 4.98 Å². The summed E-state index contributed by atoms with van der Waals surface area (Å²) < 4.78 is 1.82. The number of nitrogens with one attached hydrogen (secondary N) is 1. The highest BCUT2D eigenvalue weighted by atomic mass is 32.1. The molecule has 3 rings (SSSR count). The van der Waals surface area contributed by atoms with Crippen molar-refractivity contribution >= 4 is 27.9 Å². The van der Waals surface area contributed by atoms with Crippen LogP contribution in [0.5, 0.6) is 0 Å². The summed E-state index contributed by atoms with van der Waals surface area (Å²) in [6.07, 6.45) is 4.49. The van der Waals surface area contributed by atoms with Crippen LogP contribution in [0.3, 0.4) is 0 Å². The van der Waals surface area contributed by atoms with Crippen LogP contribution in [-0.2, 0) is 12.8 Å². The maximum atomic E-state index is 5.57. The summed E-state index contributed by atoms with van der Waals surface area (Å²) in [5.74, 6) is 0.971. The summed E-state index contributed by atoms with van der Waals surface area (Å²) in [4.78, 5) is 4.52.